The Morgan fingerprint density at radius 1 is 1.53 bits per heavy atom. The first-order valence-corrected chi connectivity index (χ1v) is 5.35. The molecule has 0 bridgehead atoms. The van der Waals surface area contributed by atoms with E-state index in [1.807, 2.05) is 0 Å². The number of carbonyl (C=O) groups is 1. The number of aromatic nitrogens is 2. The molecule has 5 heteroatoms. The third kappa shape index (κ3) is 1.30. The largest absolute Gasteiger partial charge is 0.476 e. The number of nitrogens with one attached hydrogen (secondary N) is 1. The van der Waals surface area contributed by atoms with Crippen LogP contribution in [0.15, 0.2) is 0 Å². The van der Waals surface area contributed by atoms with Crippen molar-refractivity contribution >= 4 is 11.8 Å². The molecule has 1 fully saturated rings. The molecule has 0 spiro atoms. The molecule has 2 aliphatic rings. The number of aryl methyl sites for hydroxylation is 1. The van der Waals surface area contributed by atoms with Gasteiger partial charge in [0, 0.05) is 18.7 Å². The molecule has 1 aliphatic heterocycles. The van der Waals surface area contributed by atoms with Crippen molar-refractivity contribution in [3.05, 3.63) is 11.3 Å². The van der Waals surface area contributed by atoms with Crippen molar-refractivity contribution in [3.63, 3.8) is 0 Å². The zero-order valence-electron chi connectivity index (χ0n) is 8.36. The highest BCUT2D eigenvalue weighted by molar-refractivity contribution is 5.89. The van der Waals surface area contributed by atoms with Gasteiger partial charge in [0.05, 0.1) is 0 Å². The maximum atomic E-state index is 11.1. The summed E-state index contributed by atoms with van der Waals surface area (Å²) in [5.41, 5.74) is 1.18. The molecule has 1 aromatic heterocycles. The van der Waals surface area contributed by atoms with Gasteiger partial charge in [0.1, 0.15) is 5.82 Å². The maximum absolute atomic E-state index is 11.1. The molecule has 0 saturated heterocycles. The SMILES string of the molecule is O=C(O)c1nn2c(c1C1CC1)NCCC2. The van der Waals surface area contributed by atoms with Crippen LogP contribution in [0, 0.1) is 0 Å². The van der Waals surface area contributed by atoms with E-state index in [1.54, 1.807) is 4.68 Å². The monoisotopic (exact) mass is 207 g/mol. The maximum Gasteiger partial charge on any atom is 0.356 e. The topological polar surface area (TPSA) is 67.1 Å². The highest BCUT2D eigenvalue weighted by Crippen LogP contribution is 2.45. The van der Waals surface area contributed by atoms with Crippen LogP contribution in [0.4, 0.5) is 5.82 Å². The lowest BCUT2D eigenvalue weighted by molar-refractivity contribution is 0.0688. The van der Waals surface area contributed by atoms with Gasteiger partial charge in [-0.25, -0.2) is 9.48 Å². The summed E-state index contributed by atoms with van der Waals surface area (Å²) in [6.07, 6.45) is 3.21. The molecule has 2 heterocycles. The highest BCUT2D eigenvalue weighted by atomic mass is 16.4. The van der Waals surface area contributed by atoms with E-state index in [2.05, 4.69) is 10.4 Å². The Bertz CT molecular complexity index is 421. The van der Waals surface area contributed by atoms with E-state index in [1.165, 1.54) is 0 Å². The summed E-state index contributed by atoms with van der Waals surface area (Å²) in [6.45, 7) is 1.75. The van der Waals surface area contributed by atoms with Crippen LogP contribution < -0.4 is 5.32 Å². The Morgan fingerprint density at radius 2 is 2.33 bits per heavy atom. The molecule has 0 radical (unpaired) electrons. The predicted octanol–water partition coefficient (Wildman–Crippen LogP) is 1.27. The number of anilines is 1. The minimum Gasteiger partial charge on any atom is -0.476 e. The van der Waals surface area contributed by atoms with Crippen molar-refractivity contribution in [3.8, 4) is 0 Å². The summed E-state index contributed by atoms with van der Waals surface area (Å²) in [4.78, 5) is 11.1. The van der Waals surface area contributed by atoms with Crippen molar-refractivity contribution in [2.75, 3.05) is 11.9 Å². The Kier molecular flexibility index (Phi) is 1.74. The first-order chi connectivity index (χ1) is 7.27. The van der Waals surface area contributed by atoms with Crippen molar-refractivity contribution < 1.29 is 9.90 Å². The van der Waals surface area contributed by atoms with Crippen molar-refractivity contribution in [2.45, 2.75) is 31.7 Å². The predicted molar refractivity (Wildman–Crippen MR) is 54.3 cm³/mol. The number of hydrogen-bond donors (Lipinski definition) is 2. The third-order valence-corrected chi connectivity index (χ3v) is 3.02. The standard InChI is InChI=1S/C10H13N3O2/c14-10(15)8-7(6-2-3-6)9-11-4-1-5-13(9)12-8/h6,11H,1-5H2,(H,14,15). The zero-order chi connectivity index (χ0) is 10.4. The first-order valence-electron chi connectivity index (χ1n) is 5.35. The Morgan fingerprint density at radius 3 is 3.00 bits per heavy atom. The molecule has 1 aromatic rings. The van der Waals surface area contributed by atoms with Crippen LogP contribution >= 0.6 is 0 Å². The number of fused-ring (bicyclic) bond motifs is 1. The zero-order valence-corrected chi connectivity index (χ0v) is 8.36. The molecule has 1 saturated carbocycles. The lowest BCUT2D eigenvalue weighted by Gasteiger charge is -2.16. The molecule has 1 aliphatic carbocycles. The summed E-state index contributed by atoms with van der Waals surface area (Å²) in [7, 11) is 0. The average Bonchev–Trinajstić information content (AvgIpc) is 2.98. The Hall–Kier alpha value is -1.52. The lowest BCUT2D eigenvalue weighted by atomic mass is 10.1. The molecule has 80 valence electrons. The van der Waals surface area contributed by atoms with Crippen LogP contribution in [0.1, 0.15) is 41.2 Å². The molecule has 0 amide bonds. The highest BCUT2D eigenvalue weighted by Gasteiger charge is 2.35. The van der Waals surface area contributed by atoms with E-state index in [0.717, 1.165) is 43.7 Å². The van der Waals surface area contributed by atoms with Gasteiger partial charge in [-0.2, -0.15) is 5.10 Å². The van der Waals surface area contributed by atoms with E-state index in [4.69, 9.17) is 5.11 Å². The van der Waals surface area contributed by atoms with Crippen molar-refractivity contribution in [2.24, 2.45) is 0 Å². The Labute approximate surface area is 87.1 Å². The molecule has 2 N–H and O–H groups in total. The van der Waals surface area contributed by atoms with Gasteiger partial charge >= 0.3 is 5.97 Å². The summed E-state index contributed by atoms with van der Waals surface area (Å²) in [6, 6.07) is 0. The van der Waals surface area contributed by atoms with Crippen LogP contribution in [0.5, 0.6) is 0 Å². The normalized spacial score (nSPS) is 19.5. The van der Waals surface area contributed by atoms with Gasteiger partial charge in [-0.15, -0.1) is 0 Å². The number of hydrogen-bond acceptors (Lipinski definition) is 3. The number of nitrogens with zero attached hydrogens (tertiary/aromatic N) is 2. The van der Waals surface area contributed by atoms with Gasteiger partial charge in [-0.3, -0.25) is 0 Å². The van der Waals surface area contributed by atoms with Crippen LogP contribution in [0.3, 0.4) is 0 Å². The molecular weight excluding hydrogens is 194 g/mol. The van der Waals surface area contributed by atoms with Crippen LogP contribution in [0.2, 0.25) is 0 Å². The van der Waals surface area contributed by atoms with E-state index in [0.29, 0.717) is 5.92 Å². The summed E-state index contributed by atoms with van der Waals surface area (Å²) < 4.78 is 1.81. The fourth-order valence-corrected chi connectivity index (χ4v) is 2.18. The van der Waals surface area contributed by atoms with Crippen molar-refractivity contribution in [1.29, 1.82) is 0 Å². The summed E-state index contributed by atoms with van der Waals surface area (Å²) >= 11 is 0. The number of carboxylic acid groups (broad SMARTS) is 1. The quantitative estimate of drug-likeness (QED) is 0.766. The smallest absolute Gasteiger partial charge is 0.356 e. The van der Waals surface area contributed by atoms with Gasteiger partial charge in [0.15, 0.2) is 5.69 Å². The van der Waals surface area contributed by atoms with Crippen LogP contribution in [-0.4, -0.2) is 27.4 Å². The first kappa shape index (κ1) is 8.76. The van der Waals surface area contributed by atoms with Gasteiger partial charge in [-0.1, -0.05) is 0 Å². The van der Waals surface area contributed by atoms with E-state index < -0.39 is 5.97 Å². The number of rotatable bonds is 2. The van der Waals surface area contributed by atoms with Gasteiger partial charge in [-0.05, 0) is 25.2 Å². The molecule has 3 rings (SSSR count). The molecule has 15 heavy (non-hydrogen) atoms. The van der Waals surface area contributed by atoms with Crippen LogP contribution in [-0.2, 0) is 6.54 Å². The lowest BCUT2D eigenvalue weighted by Crippen LogP contribution is -2.18. The van der Waals surface area contributed by atoms with E-state index in [-0.39, 0.29) is 5.69 Å². The fourth-order valence-electron chi connectivity index (χ4n) is 2.18. The second kappa shape index (κ2) is 2.98. The molecule has 0 aromatic carbocycles. The van der Waals surface area contributed by atoms with Gasteiger partial charge < -0.3 is 10.4 Å². The third-order valence-electron chi connectivity index (χ3n) is 3.02. The second-order valence-electron chi connectivity index (χ2n) is 4.19. The number of carboxylic acids is 1. The van der Waals surface area contributed by atoms with Gasteiger partial charge in [0.25, 0.3) is 0 Å². The molecule has 0 atom stereocenters. The Balaban J connectivity index is 2.13. The van der Waals surface area contributed by atoms with E-state index in [9.17, 15) is 4.79 Å². The van der Waals surface area contributed by atoms with Crippen molar-refractivity contribution in [1.82, 2.24) is 9.78 Å². The number of aromatic carboxylic acids is 1. The summed E-state index contributed by atoms with van der Waals surface area (Å²) in [5, 5.41) is 16.5. The molecular formula is C10H13N3O2. The molecule has 5 nitrogen and oxygen atoms in total. The average molecular weight is 207 g/mol. The minimum absolute atomic E-state index is 0.252. The minimum atomic E-state index is -0.902. The summed E-state index contributed by atoms with van der Waals surface area (Å²) in [5.74, 6) is 0.465. The van der Waals surface area contributed by atoms with Gasteiger partial charge in [0.2, 0.25) is 0 Å². The molecule has 0 unspecified atom stereocenters. The van der Waals surface area contributed by atoms with E-state index >= 15 is 0 Å². The van der Waals surface area contributed by atoms with Crippen LogP contribution in [0.25, 0.3) is 0 Å². The second-order valence-corrected chi connectivity index (χ2v) is 4.19. The fraction of sp³-hybridized carbons (Fsp3) is 0.600.